The van der Waals surface area contributed by atoms with E-state index < -0.39 is 0 Å². The van der Waals surface area contributed by atoms with Crippen molar-refractivity contribution in [1.29, 1.82) is 0 Å². The average Bonchev–Trinajstić information content (AvgIpc) is 2.64. The largest absolute Gasteiger partial charge is 0.493 e. The lowest BCUT2D eigenvalue weighted by atomic mass is 10.2. The van der Waals surface area contributed by atoms with Gasteiger partial charge in [0.2, 0.25) is 0 Å². The van der Waals surface area contributed by atoms with Crippen LogP contribution >= 0.6 is 15.9 Å². The van der Waals surface area contributed by atoms with Crippen LogP contribution in [0.15, 0.2) is 46.9 Å². The number of urea groups is 1. The second-order valence-corrected chi connectivity index (χ2v) is 6.06. The summed E-state index contributed by atoms with van der Waals surface area (Å²) < 4.78 is 11.7. The molecule has 0 radical (unpaired) electrons. The fraction of sp³-hybridized carbons (Fsp3) is 0.211. The van der Waals surface area contributed by atoms with Crippen LogP contribution in [0.3, 0.4) is 0 Å². The Bertz CT molecular complexity index is 754. The number of amides is 2. The zero-order chi connectivity index (χ0) is 18.1. The molecule has 2 aromatic rings. The Labute approximate surface area is 155 Å². The molecule has 0 aliphatic carbocycles. The molecule has 0 bridgehead atoms. The average molecular weight is 403 g/mol. The number of carbonyl (C=O) groups is 1. The zero-order valence-electron chi connectivity index (χ0n) is 13.8. The summed E-state index contributed by atoms with van der Waals surface area (Å²) in [5, 5.41) is 5.62. The Morgan fingerprint density at radius 3 is 2.36 bits per heavy atom. The molecule has 25 heavy (non-hydrogen) atoms. The monoisotopic (exact) mass is 402 g/mol. The molecule has 6 heteroatoms. The van der Waals surface area contributed by atoms with Crippen molar-refractivity contribution in [3.05, 3.63) is 58.1 Å². The summed E-state index contributed by atoms with van der Waals surface area (Å²) in [6.07, 6.45) is 5.21. The molecule has 0 aliphatic rings. The molecule has 0 fully saturated rings. The molecule has 2 rings (SSSR count). The van der Waals surface area contributed by atoms with Crippen LogP contribution < -0.4 is 20.1 Å². The van der Waals surface area contributed by atoms with Gasteiger partial charge in [0.1, 0.15) is 6.61 Å². The predicted octanol–water partition coefficient (Wildman–Crippen LogP) is 3.47. The first-order valence-corrected chi connectivity index (χ1v) is 8.41. The molecule has 2 amide bonds. The number of methoxy groups -OCH3 is 1. The standard InChI is InChI=1S/C19H19BrN2O3/c1-3-10-25-18-11-15(6-9-17(18)24-2)13-22-19(23)21-12-14-4-7-16(20)8-5-14/h1,4-9,11H,10,12-13H2,2H3,(H2,21,22,23). The highest BCUT2D eigenvalue weighted by atomic mass is 79.9. The molecule has 130 valence electrons. The van der Waals surface area contributed by atoms with Crippen molar-refractivity contribution < 1.29 is 14.3 Å². The Balaban J connectivity index is 1.86. The van der Waals surface area contributed by atoms with E-state index in [-0.39, 0.29) is 12.6 Å². The van der Waals surface area contributed by atoms with E-state index in [1.807, 2.05) is 30.3 Å². The molecule has 0 saturated heterocycles. The highest BCUT2D eigenvalue weighted by molar-refractivity contribution is 9.10. The lowest BCUT2D eigenvalue weighted by Gasteiger charge is -2.12. The molecular weight excluding hydrogens is 384 g/mol. The quantitative estimate of drug-likeness (QED) is 0.697. The lowest BCUT2D eigenvalue weighted by Crippen LogP contribution is -2.34. The summed E-state index contributed by atoms with van der Waals surface area (Å²) in [7, 11) is 1.56. The summed E-state index contributed by atoms with van der Waals surface area (Å²) in [6.45, 7) is 0.974. The van der Waals surface area contributed by atoms with Crippen LogP contribution in [0, 0.1) is 12.3 Å². The second-order valence-electron chi connectivity index (χ2n) is 5.14. The number of hydrogen-bond acceptors (Lipinski definition) is 3. The molecule has 0 heterocycles. The molecule has 0 atom stereocenters. The number of benzene rings is 2. The molecule has 0 unspecified atom stereocenters. The summed E-state index contributed by atoms with van der Waals surface area (Å²) in [4.78, 5) is 11.9. The van der Waals surface area contributed by atoms with Crippen LogP contribution in [0.2, 0.25) is 0 Å². The second kappa shape index (κ2) is 9.60. The molecule has 0 aromatic heterocycles. The third-order valence-corrected chi connectivity index (χ3v) is 3.89. The molecular formula is C19H19BrN2O3. The number of hydrogen-bond donors (Lipinski definition) is 2. The van der Waals surface area contributed by atoms with Gasteiger partial charge in [-0.15, -0.1) is 6.42 Å². The summed E-state index contributed by atoms with van der Waals surface area (Å²) >= 11 is 3.38. The molecule has 2 aromatic carbocycles. The van der Waals surface area contributed by atoms with Crippen molar-refractivity contribution in [3.8, 4) is 23.8 Å². The minimum absolute atomic E-state index is 0.154. The van der Waals surface area contributed by atoms with Crippen LogP contribution in [0.1, 0.15) is 11.1 Å². The maximum atomic E-state index is 11.9. The van der Waals surface area contributed by atoms with Gasteiger partial charge < -0.3 is 20.1 Å². The molecule has 2 N–H and O–H groups in total. The van der Waals surface area contributed by atoms with Gasteiger partial charge >= 0.3 is 6.03 Å². The molecule has 0 saturated carbocycles. The van der Waals surface area contributed by atoms with E-state index in [4.69, 9.17) is 15.9 Å². The fourth-order valence-corrected chi connectivity index (χ4v) is 2.36. The number of carbonyl (C=O) groups excluding carboxylic acids is 1. The van der Waals surface area contributed by atoms with Crippen molar-refractivity contribution >= 4 is 22.0 Å². The van der Waals surface area contributed by atoms with Gasteiger partial charge in [0.15, 0.2) is 11.5 Å². The third-order valence-electron chi connectivity index (χ3n) is 3.36. The van der Waals surface area contributed by atoms with Crippen molar-refractivity contribution in [1.82, 2.24) is 10.6 Å². The minimum Gasteiger partial charge on any atom is -0.493 e. The van der Waals surface area contributed by atoms with E-state index in [1.54, 1.807) is 19.2 Å². The summed E-state index contributed by atoms with van der Waals surface area (Å²) in [6, 6.07) is 13.0. The van der Waals surface area contributed by atoms with Crippen molar-refractivity contribution in [3.63, 3.8) is 0 Å². The molecule has 0 spiro atoms. The van der Waals surface area contributed by atoms with Crippen LogP contribution in [-0.4, -0.2) is 19.7 Å². The summed E-state index contributed by atoms with van der Waals surface area (Å²) in [5.74, 6) is 3.56. The number of terminal acetylenes is 1. The number of ether oxygens (including phenoxy) is 2. The fourth-order valence-electron chi connectivity index (χ4n) is 2.09. The Hall–Kier alpha value is -2.65. The first kappa shape index (κ1) is 18.7. The highest BCUT2D eigenvalue weighted by Crippen LogP contribution is 2.27. The smallest absolute Gasteiger partial charge is 0.315 e. The minimum atomic E-state index is -0.246. The van der Waals surface area contributed by atoms with Gasteiger partial charge in [0.25, 0.3) is 0 Å². The Morgan fingerprint density at radius 1 is 1.08 bits per heavy atom. The highest BCUT2D eigenvalue weighted by Gasteiger charge is 2.07. The molecule has 0 aliphatic heterocycles. The topological polar surface area (TPSA) is 59.6 Å². The van der Waals surface area contributed by atoms with Crippen molar-refractivity contribution in [2.45, 2.75) is 13.1 Å². The van der Waals surface area contributed by atoms with Gasteiger partial charge in [-0.25, -0.2) is 4.79 Å². The summed E-state index contributed by atoms with van der Waals surface area (Å²) in [5.41, 5.74) is 1.90. The maximum absolute atomic E-state index is 11.9. The van der Waals surface area contributed by atoms with Gasteiger partial charge in [-0.3, -0.25) is 0 Å². The Kier molecular flexibility index (Phi) is 7.17. The first-order valence-electron chi connectivity index (χ1n) is 7.61. The van der Waals surface area contributed by atoms with E-state index in [9.17, 15) is 4.79 Å². The van der Waals surface area contributed by atoms with E-state index in [0.717, 1.165) is 15.6 Å². The number of halogens is 1. The van der Waals surface area contributed by atoms with Gasteiger partial charge in [-0.05, 0) is 35.4 Å². The van der Waals surface area contributed by atoms with Crippen LogP contribution in [-0.2, 0) is 13.1 Å². The zero-order valence-corrected chi connectivity index (χ0v) is 15.4. The molecule has 5 nitrogen and oxygen atoms in total. The van der Waals surface area contributed by atoms with Crippen LogP contribution in [0.4, 0.5) is 4.79 Å². The van der Waals surface area contributed by atoms with Gasteiger partial charge in [-0.1, -0.05) is 40.0 Å². The number of rotatable bonds is 7. The van der Waals surface area contributed by atoms with Crippen molar-refractivity contribution in [2.24, 2.45) is 0 Å². The van der Waals surface area contributed by atoms with E-state index in [1.165, 1.54) is 0 Å². The maximum Gasteiger partial charge on any atom is 0.315 e. The SMILES string of the molecule is C#CCOc1cc(CNC(=O)NCc2ccc(Br)cc2)ccc1OC. The van der Waals surface area contributed by atoms with Crippen molar-refractivity contribution in [2.75, 3.05) is 13.7 Å². The third kappa shape index (κ3) is 6.05. The van der Waals surface area contributed by atoms with E-state index >= 15 is 0 Å². The van der Waals surface area contributed by atoms with Crippen LogP contribution in [0.25, 0.3) is 0 Å². The van der Waals surface area contributed by atoms with E-state index in [0.29, 0.717) is 24.6 Å². The number of nitrogens with one attached hydrogen (secondary N) is 2. The van der Waals surface area contributed by atoms with Gasteiger partial charge in [-0.2, -0.15) is 0 Å². The normalized spacial score (nSPS) is 9.80. The van der Waals surface area contributed by atoms with Crippen LogP contribution in [0.5, 0.6) is 11.5 Å². The lowest BCUT2D eigenvalue weighted by molar-refractivity contribution is 0.240. The Morgan fingerprint density at radius 2 is 1.72 bits per heavy atom. The van der Waals surface area contributed by atoms with Gasteiger partial charge in [0.05, 0.1) is 7.11 Å². The van der Waals surface area contributed by atoms with E-state index in [2.05, 4.69) is 32.5 Å². The predicted molar refractivity (Wildman–Crippen MR) is 101 cm³/mol. The first-order chi connectivity index (χ1) is 12.1. The van der Waals surface area contributed by atoms with Gasteiger partial charge in [0, 0.05) is 17.6 Å².